The monoisotopic (exact) mass is 339 g/mol. The van der Waals surface area contributed by atoms with E-state index in [9.17, 15) is 4.79 Å². The number of carbonyl (C=O) groups is 1. The van der Waals surface area contributed by atoms with Crippen molar-refractivity contribution in [2.45, 2.75) is 0 Å². The third-order valence-electron chi connectivity index (χ3n) is 3.49. The Morgan fingerprint density at radius 1 is 1.21 bits per heavy atom. The highest BCUT2D eigenvalue weighted by molar-refractivity contribution is 6.32. The van der Waals surface area contributed by atoms with E-state index in [1.54, 1.807) is 36.5 Å². The van der Waals surface area contributed by atoms with Crippen LogP contribution < -0.4 is 5.32 Å². The number of benzene rings is 2. The first kappa shape index (κ1) is 14.3. The van der Waals surface area contributed by atoms with Crippen molar-refractivity contribution < 1.29 is 4.79 Å². The van der Waals surface area contributed by atoms with E-state index in [-0.39, 0.29) is 5.91 Å². The Kier molecular flexibility index (Phi) is 3.43. The summed E-state index contributed by atoms with van der Waals surface area (Å²) in [6.45, 7) is 0. The van der Waals surface area contributed by atoms with E-state index in [0.29, 0.717) is 33.0 Å². The number of fused-ring (bicyclic) bond motifs is 1. The molecule has 0 radical (unpaired) electrons. The normalized spacial score (nSPS) is 10.9. The number of hydrogen-bond acceptors (Lipinski definition) is 5. The molecule has 24 heavy (non-hydrogen) atoms. The summed E-state index contributed by atoms with van der Waals surface area (Å²) in [5.74, 6) is 0.167. The first-order chi connectivity index (χ1) is 11.7. The van der Waals surface area contributed by atoms with Crippen LogP contribution in [0.15, 0.2) is 42.6 Å². The Morgan fingerprint density at radius 3 is 2.96 bits per heavy atom. The minimum Gasteiger partial charge on any atom is -0.322 e. The van der Waals surface area contributed by atoms with Gasteiger partial charge in [0.05, 0.1) is 17.3 Å². The molecule has 0 atom stereocenters. The lowest BCUT2D eigenvalue weighted by molar-refractivity contribution is 0.102. The van der Waals surface area contributed by atoms with Gasteiger partial charge >= 0.3 is 0 Å². The fourth-order valence-electron chi connectivity index (χ4n) is 2.42. The number of H-pyrrole nitrogens is 2. The summed E-state index contributed by atoms with van der Waals surface area (Å²) in [6, 6.07) is 10.5. The van der Waals surface area contributed by atoms with E-state index in [1.807, 2.05) is 6.07 Å². The predicted molar refractivity (Wildman–Crippen MR) is 88.7 cm³/mol. The second-order valence-corrected chi connectivity index (χ2v) is 5.49. The average molecular weight is 340 g/mol. The number of carbonyl (C=O) groups excluding carboxylic acids is 1. The quantitative estimate of drug-likeness (QED) is 0.531. The first-order valence-electron chi connectivity index (χ1n) is 6.98. The Hall–Kier alpha value is -3.26. The van der Waals surface area contributed by atoms with Crippen molar-refractivity contribution in [2.75, 3.05) is 5.32 Å². The molecule has 0 bridgehead atoms. The van der Waals surface area contributed by atoms with Gasteiger partial charge in [0.2, 0.25) is 5.82 Å². The summed E-state index contributed by atoms with van der Waals surface area (Å²) >= 11 is 6.07. The summed E-state index contributed by atoms with van der Waals surface area (Å²) in [7, 11) is 0. The lowest BCUT2D eigenvalue weighted by Crippen LogP contribution is -2.12. The number of hydrogen-bond donors (Lipinski definition) is 3. The van der Waals surface area contributed by atoms with Gasteiger partial charge in [0.25, 0.3) is 5.91 Å². The molecule has 1 amide bonds. The van der Waals surface area contributed by atoms with Gasteiger partial charge in [-0.3, -0.25) is 9.89 Å². The van der Waals surface area contributed by atoms with Gasteiger partial charge in [0, 0.05) is 21.7 Å². The summed E-state index contributed by atoms with van der Waals surface area (Å²) in [5, 5.41) is 24.5. The van der Waals surface area contributed by atoms with Crippen LogP contribution in [0.5, 0.6) is 0 Å². The second-order valence-electron chi connectivity index (χ2n) is 5.05. The van der Waals surface area contributed by atoms with Crippen LogP contribution in [0.2, 0.25) is 5.02 Å². The Bertz CT molecular complexity index is 1030. The molecule has 0 fully saturated rings. The molecular formula is C15H10ClN7O. The Labute approximate surface area is 140 Å². The van der Waals surface area contributed by atoms with Gasteiger partial charge in [-0.1, -0.05) is 23.7 Å². The number of aromatic amines is 2. The van der Waals surface area contributed by atoms with Crippen molar-refractivity contribution in [3.63, 3.8) is 0 Å². The molecule has 3 N–H and O–H groups in total. The van der Waals surface area contributed by atoms with Gasteiger partial charge in [-0.25, -0.2) is 0 Å². The van der Waals surface area contributed by atoms with E-state index < -0.39 is 0 Å². The van der Waals surface area contributed by atoms with Crippen LogP contribution in [0.1, 0.15) is 10.4 Å². The highest BCUT2D eigenvalue weighted by Crippen LogP contribution is 2.24. The molecular weight excluding hydrogens is 330 g/mol. The second kappa shape index (κ2) is 5.74. The summed E-state index contributed by atoms with van der Waals surface area (Å²) < 4.78 is 0. The van der Waals surface area contributed by atoms with Crippen LogP contribution in [-0.2, 0) is 0 Å². The van der Waals surface area contributed by atoms with E-state index >= 15 is 0 Å². The van der Waals surface area contributed by atoms with Gasteiger partial charge in [0.1, 0.15) is 0 Å². The lowest BCUT2D eigenvalue weighted by atomic mass is 10.1. The molecule has 0 aliphatic heterocycles. The molecule has 118 valence electrons. The van der Waals surface area contributed by atoms with Crippen LogP contribution in [-0.4, -0.2) is 36.7 Å². The molecule has 4 rings (SSSR count). The smallest absolute Gasteiger partial charge is 0.256 e. The first-order valence-corrected chi connectivity index (χ1v) is 7.36. The molecule has 0 unspecified atom stereocenters. The molecule has 9 heteroatoms. The van der Waals surface area contributed by atoms with E-state index in [4.69, 9.17) is 11.6 Å². The van der Waals surface area contributed by atoms with Crippen molar-refractivity contribution in [3.05, 3.63) is 53.2 Å². The zero-order chi connectivity index (χ0) is 16.5. The van der Waals surface area contributed by atoms with Crippen molar-refractivity contribution in [3.8, 4) is 11.4 Å². The number of tetrazole rings is 1. The van der Waals surface area contributed by atoms with Gasteiger partial charge < -0.3 is 5.32 Å². The Morgan fingerprint density at radius 2 is 2.12 bits per heavy atom. The largest absolute Gasteiger partial charge is 0.322 e. The van der Waals surface area contributed by atoms with Crippen molar-refractivity contribution in [1.29, 1.82) is 0 Å². The topological polar surface area (TPSA) is 112 Å². The van der Waals surface area contributed by atoms with Gasteiger partial charge in [-0.2, -0.15) is 10.3 Å². The van der Waals surface area contributed by atoms with Gasteiger partial charge in [-0.15, -0.1) is 10.2 Å². The maximum absolute atomic E-state index is 12.6. The number of halogens is 1. The zero-order valence-electron chi connectivity index (χ0n) is 12.1. The van der Waals surface area contributed by atoms with Crippen molar-refractivity contribution in [1.82, 2.24) is 30.8 Å². The summed E-state index contributed by atoms with van der Waals surface area (Å²) in [4.78, 5) is 12.6. The summed E-state index contributed by atoms with van der Waals surface area (Å²) in [6.07, 6.45) is 1.59. The van der Waals surface area contributed by atoms with Crippen LogP contribution in [0, 0.1) is 0 Å². The SMILES string of the molecule is O=C(Nc1cccc(-c2nn[nH]n2)c1)c1cc(Cl)cc2[nH]ncc12. The van der Waals surface area contributed by atoms with E-state index in [2.05, 4.69) is 36.1 Å². The number of anilines is 1. The van der Waals surface area contributed by atoms with Gasteiger partial charge in [0.15, 0.2) is 0 Å². The third kappa shape index (κ3) is 2.59. The fourth-order valence-corrected chi connectivity index (χ4v) is 2.64. The number of nitrogens with zero attached hydrogens (tertiary/aromatic N) is 4. The van der Waals surface area contributed by atoms with E-state index in [0.717, 1.165) is 5.56 Å². The highest BCUT2D eigenvalue weighted by atomic mass is 35.5. The van der Waals surface area contributed by atoms with Crippen LogP contribution in [0.4, 0.5) is 5.69 Å². The maximum atomic E-state index is 12.6. The molecule has 2 aromatic carbocycles. The van der Waals surface area contributed by atoms with E-state index in [1.165, 1.54) is 0 Å². The number of aromatic nitrogens is 6. The third-order valence-corrected chi connectivity index (χ3v) is 3.71. The number of nitrogens with one attached hydrogen (secondary N) is 3. The minimum absolute atomic E-state index is 0.283. The molecule has 0 aliphatic carbocycles. The predicted octanol–water partition coefficient (Wildman–Crippen LogP) is 2.65. The molecule has 4 aromatic rings. The lowest BCUT2D eigenvalue weighted by Gasteiger charge is -2.07. The molecule has 0 saturated heterocycles. The van der Waals surface area contributed by atoms with Crippen LogP contribution >= 0.6 is 11.6 Å². The average Bonchev–Trinajstić information content (AvgIpc) is 3.25. The standard InChI is InChI=1S/C15H10ClN7O/c16-9-5-11(12-7-17-19-13(12)6-9)15(24)18-10-3-1-2-8(4-10)14-20-22-23-21-14/h1-7H,(H,17,19)(H,18,24)(H,20,21,22,23). The molecule has 0 spiro atoms. The number of rotatable bonds is 3. The Balaban J connectivity index is 1.66. The summed E-state index contributed by atoms with van der Waals surface area (Å²) in [5.41, 5.74) is 2.49. The maximum Gasteiger partial charge on any atom is 0.256 e. The van der Waals surface area contributed by atoms with Gasteiger partial charge in [-0.05, 0) is 29.5 Å². The van der Waals surface area contributed by atoms with Crippen molar-refractivity contribution in [2.24, 2.45) is 0 Å². The molecule has 8 nitrogen and oxygen atoms in total. The fraction of sp³-hybridized carbons (Fsp3) is 0. The minimum atomic E-state index is -0.283. The van der Waals surface area contributed by atoms with Crippen LogP contribution in [0.25, 0.3) is 22.3 Å². The van der Waals surface area contributed by atoms with Crippen molar-refractivity contribution >= 4 is 34.1 Å². The molecule has 0 aliphatic rings. The molecule has 0 saturated carbocycles. The zero-order valence-corrected chi connectivity index (χ0v) is 12.9. The molecule has 2 heterocycles. The molecule has 2 aromatic heterocycles. The van der Waals surface area contributed by atoms with Crippen LogP contribution in [0.3, 0.4) is 0 Å². The highest BCUT2D eigenvalue weighted by Gasteiger charge is 2.14. The number of amides is 1.